The zero-order valence-electron chi connectivity index (χ0n) is 25.2. The highest BCUT2D eigenvalue weighted by atomic mass is 16.6. The van der Waals surface area contributed by atoms with Gasteiger partial charge in [0.1, 0.15) is 29.0 Å². The fourth-order valence-corrected chi connectivity index (χ4v) is 6.50. The van der Waals surface area contributed by atoms with E-state index < -0.39 is 36.1 Å². The van der Waals surface area contributed by atoms with Crippen molar-refractivity contribution in [3.05, 3.63) is 59.1 Å². The fraction of sp³-hybridized carbons (Fsp3) is 0.355. The lowest BCUT2D eigenvalue weighted by Gasteiger charge is -2.34. The molecule has 46 heavy (non-hydrogen) atoms. The number of guanidine groups is 1. The lowest BCUT2D eigenvalue weighted by atomic mass is 9.78. The third-order valence-electron chi connectivity index (χ3n) is 8.54. The SMILES string of the molecule is CCOC(=O)C1=CC(=CCn2ccnc2[NH+]2CN=C3C([O-])=NC(=N)N=C32)c2c(c(CO)c3c(c2OC)C2C=CCC(C)(O)C2O3)O1. The number of aromatic nitrogens is 2. The number of nitrogens with zero attached hydrogens (tertiary/aromatic N) is 5. The summed E-state index contributed by atoms with van der Waals surface area (Å²) in [6, 6.07) is 0. The first-order chi connectivity index (χ1) is 22.2. The molecular weight excluding hydrogens is 598 g/mol. The Bertz CT molecular complexity index is 1870. The van der Waals surface area contributed by atoms with Gasteiger partial charge < -0.3 is 34.3 Å². The number of benzene rings is 1. The highest BCUT2D eigenvalue weighted by Crippen LogP contribution is 2.58. The highest BCUT2D eigenvalue weighted by Gasteiger charge is 2.50. The van der Waals surface area contributed by atoms with E-state index in [1.165, 1.54) is 7.11 Å². The van der Waals surface area contributed by atoms with E-state index in [-0.39, 0.29) is 48.8 Å². The van der Waals surface area contributed by atoms with Crippen LogP contribution in [0.2, 0.25) is 0 Å². The van der Waals surface area contributed by atoms with Gasteiger partial charge in [0.15, 0.2) is 12.4 Å². The van der Waals surface area contributed by atoms with Gasteiger partial charge >= 0.3 is 11.9 Å². The molecule has 0 fully saturated rings. The number of aliphatic hydroxyl groups excluding tert-OH is 1. The number of methoxy groups -OCH3 is 1. The molecule has 15 heteroatoms. The Hall–Kier alpha value is -5.12. The number of amidine groups is 1. The molecule has 4 aliphatic heterocycles. The van der Waals surface area contributed by atoms with Crippen LogP contribution in [-0.4, -0.2) is 81.2 Å². The van der Waals surface area contributed by atoms with Crippen molar-refractivity contribution in [2.75, 3.05) is 20.4 Å². The van der Waals surface area contributed by atoms with E-state index in [2.05, 4.69) is 20.0 Å². The number of imidazole rings is 1. The summed E-state index contributed by atoms with van der Waals surface area (Å²) in [5.41, 5.74) is 0.949. The van der Waals surface area contributed by atoms with Crippen molar-refractivity contribution in [1.82, 2.24) is 9.55 Å². The number of ether oxygens (including phenoxy) is 4. The van der Waals surface area contributed by atoms with Crippen LogP contribution < -0.4 is 24.2 Å². The Labute approximate surface area is 262 Å². The third kappa shape index (κ3) is 4.54. The molecule has 0 radical (unpaired) electrons. The summed E-state index contributed by atoms with van der Waals surface area (Å²) >= 11 is 0. The number of aliphatic hydroxyl groups is 2. The summed E-state index contributed by atoms with van der Waals surface area (Å²) in [5.74, 6) is -0.417. The van der Waals surface area contributed by atoms with Crippen LogP contribution >= 0.6 is 0 Å². The van der Waals surface area contributed by atoms with Crippen molar-refractivity contribution >= 4 is 40.9 Å². The molecule has 0 spiro atoms. The molecule has 2 aromatic rings. The number of aliphatic imine (C=N–C) groups is 3. The van der Waals surface area contributed by atoms with Gasteiger partial charge in [0.05, 0.1) is 37.6 Å². The summed E-state index contributed by atoms with van der Waals surface area (Å²) in [6.07, 6.45) is 10.4. The lowest BCUT2D eigenvalue weighted by molar-refractivity contribution is -0.730. The van der Waals surface area contributed by atoms with E-state index >= 15 is 0 Å². The molecule has 1 aromatic heterocycles. The number of hydrogen-bond acceptors (Lipinski definition) is 11. The Morgan fingerprint density at radius 3 is 2.93 bits per heavy atom. The Morgan fingerprint density at radius 2 is 2.17 bits per heavy atom. The van der Waals surface area contributed by atoms with Crippen molar-refractivity contribution in [2.24, 2.45) is 15.0 Å². The number of hydrogen-bond donors (Lipinski definition) is 4. The van der Waals surface area contributed by atoms with Gasteiger partial charge in [-0.1, -0.05) is 18.2 Å². The van der Waals surface area contributed by atoms with Crippen molar-refractivity contribution in [3.63, 3.8) is 0 Å². The van der Waals surface area contributed by atoms with Crippen LogP contribution in [0.5, 0.6) is 17.2 Å². The zero-order chi connectivity index (χ0) is 32.3. The molecule has 1 aromatic carbocycles. The molecule has 0 saturated heterocycles. The van der Waals surface area contributed by atoms with Crippen LogP contribution in [0.25, 0.3) is 5.57 Å². The average Bonchev–Trinajstić information content (AvgIpc) is 3.76. The summed E-state index contributed by atoms with van der Waals surface area (Å²) in [7, 11) is 1.52. The zero-order valence-corrected chi connectivity index (χ0v) is 25.2. The monoisotopic (exact) mass is 629 g/mol. The normalized spacial score (nSPS) is 26.5. The quantitative estimate of drug-likeness (QED) is 0.238. The number of fused-ring (bicyclic) bond motifs is 5. The summed E-state index contributed by atoms with van der Waals surface area (Å²) in [5, 5.41) is 42.0. The Kier molecular flexibility index (Phi) is 7.10. The van der Waals surface area contributed by atoms with E-state index in [0.29, 0.717) is 51.0 Å². The van der Waals surface area contributed by atoms with Crippen LogP contribution in [0.4, 0.5) is 5.95 Å². The topological polar surface area (TPSA) is 201 Å². The van der Waals surface area contributed by atoms with E-state index in [1.54, 1.807) is 32.3 Å². The third-order valence-corrected chi connectivity index (χ3v) is 8.54. The van der Waals surface area contributed by atoms with Crippen LogP contribution in [0.15, 0.2) is 57.4 Å². The molecule has 4 unspecified atom stereocenters. The average molecular weight is 630 g/mol. The predicted molar refractivity (Wildman–Crippen MR) is 162 cm³/mol. The first kappa shape index (κ1) is 29.6. The standard InChI is InChI=1S/C31H31N7O8/c1-4-44-28(41)18-12-15(7-10-37-11-9-33-30(37)38-14-34-21-26(38)35-29(32)36-27(21)40)19-22(45-18)17(13-39)23-20(24(19)43-3)16-6-5-8-31(2,42)25(16)46-23/h5-7,9,11-12,16,25,39,42H,4,8,10,13-14H2,1-3H3,(H2,32,36,40). The molecule has 4 atom stereocenters. The van der Waals surface area contributed by atoms with E-state index in [4.69, 9.17) is 24.4 Å². The largest absolute Gasteiger partial charge is 0.857 e. The van der Waals surface area contributed by atoms with Crippen LogP contribution in [0.1, 0.15) is 42.9 Å². The van der Waals surface area contributed by atoms with Gasteiger partial charge in [-0.3, -0.25) is 9.98 Å². The Balaban J connectivity index is 1.34. The summed E-state index contributed by atoms with van der Waals surface area (Å²) in [4.78, 5) is 30.0. The Morgan fingerprint density at radius 1 is 1.35 bits per heavy atom. The van der Waals surface area contributed by atoms with Gasteiger partial charge in [-0.05, 0) is 31.9 Å². The van der Waals surface area contributed by atoms with Gasteiger partial charge in [0, 0.05) is 30.1 Å². The molecule has 5 heterocycles. The van der Waals surface area contributed by atoms with Crippen molar-refractivity contribution in [2.45, 2.75) is 51.0 Å². The molecular formula is C31H31N7O8. The molecule has 1 aliphatic carbocycles. The van der Waals surface area contributed by atoms with Crippen LogP contribution in [-0.2, 0) is 22.7 Å². The first-order valence-electron chi connectivity index (χ1n) is 14.7. The minimum Gasteiger partial charge on any atom is -0.857 e. The van der Waals surface area contributed by atoms with Crippen molar-refractivity contribution in [1.29, 1.82) is 5.41 Å². The maximum Gasteiger partial charge on any atom is 0.374 e. The van der Waals surface area contributed by atoms with Gasteiger partial charge in [0.25, 0.3) is 5.84 Å². The van der Waals surface area contributed by atoms with Crippen molar-refractivity contribution < 1.29 is 44.0 Å². The van der Waals surface area contributed by atoms with Gasteiger partial charge in [-0.15, -0.1) is 0 Å². The molecule has 0 bridgehead atoms. The molecule has 15 nitrogen and oxygen atoms in total. The minimum absolute atomic E-state index is 0.0917. The van der Waals surface area contributed by atoms with E-state index in [0.717, 1.165) is 0 Å². The molecule has 238 valence electrons. The summed E-state index contributed by atoms with van der Waals surface area (Å²) < 4.78 is 25.5. The number of esters is 1. The number of quaternary nitrogens is 1. The second-order valence-electron chi connectivity index (χ2n) is 11.4. The highest BCUT2D eigenvalue weighted by molar-refractivity contribution is 6.66. The summed E-state index contributed by atoms with van der Waals surface area (Å²) in [6.45, 7) is 3.44. The van der Waals surface area contributed by atoms with Crippen molar-refractivity contribution in [3.8, 4) is 17.2 Å². The second-order valence-corrected chi connectivity index (χ2v) is 11.4. The minimum atomic E-state index is -1.18. The van der Waals surface area contributed by atoms with Gasteiger partial charge in [-0.2, -0.15) is 9.98 Å². The molecule has 5 aliphatic rings. The fourth-order valence-electron chi connectivity index (χ4n) is 6.50. The number of carbonyl (C=O) groups is 1. The van der Waals surface area contributed by atoms with Crippen LogP contribution in [0.3, 0.4) is 0 Å². The molecule has 0 amide bonds. The number of rotatable bonds is 7. The second kappa shape index (κ2) is 11.0. The smallest absolute Gasteiger partial charge is 0.374 e. The van der Waals surface area contributed by atoms with E-state index in [9.17, 15) is 20.1 Å². The predicted octanol–water partition coefficient (Wildman–Crippen LogP) is -0.103. The van der Waals surface area contributed by atoms with Crippen LogP contribution in [0, 0.1) is 5.41 Å². The molecule has 0 saturated carbocycles. The number of nitrogens with one attached hydrogen (secondary N) is 2. The molecule has 4 N–H and O–H groups in total. The maximum absolute atomic E-state index is 13.0. The lowest BCUT2D eigenvalue weighted by Crippen LogP contribution is -3.10. The van der Waals surface area contributed by atoms with Gasteiger partial charge in [-0.25, -0.2) is 19.7 Å². The molecule has 7 rings (SSSR count). The number of allylic oxidation sites excluding steroid dienone is 3. The first-order valence-corrected chi connectivity index (χ1v) is 14.7. The van der Waals surface area contributed by atoms with E-state index in [1.807, 2.05) is 22.8 Å². The van der Waals surface area contributed by atoms with Gasteiger partial charge in [0.2, 0.25) is 11.7 Å². The number of carbonyl (C=O) groups excluding carboxylic acids is 1. The maximum atomic E-state index is 13.0.